The van der Waals surface area contributed by atoms with E-state index in [1.54, 1.807) is 0 Å². The third-order valence-electron chi connectivity index (χ3n) is 2.80. The molecule has 0 aliphatic heterocycles. The predicted molar refractivity (Wildman–Crippen MR) is 87.0 cm³/mol. The van der Waals surface area contributed by atoms with Gasteiger partial charge in [-0.25, -0.2) is 4.79 Å². The molecule has 22 heavy (non-hydrogen) atoms. The van der Waals surface area contributed by atoms with Crippen molar-refractivity contribution in [2.75, 3.05) is 13.2 Å². The quantitative estimate of drug-likeness (QED) is 0.276. The Morgan fingerprint density at radius 1 is 1.36 bits per heavy atom. The number of hydrogen-bond donors (Lipinski definition) is 5. The van der Waals surface area contributed by atoms with Crippen LogP contribution in [0, 0.1) is 5.41 Å². The lowest BCUT2D eigenvalue weighted by atomic mass is 10.1. The lowest BCUT2D eigenvalue weighted by Gasteiger charge is -2.16. The zero-order valence-electron chi connectivity index (χ0n) is 12.2. The maximum atomic E-state index is 11.6. The molecule has 0 bridgehead atoms. The van der Waals surface area contributed by atoms with Crippen molar-refractivity contribution < 1.29 is 14.6 Å². The van der Waals surface area contributed by atoms with Crippen molar-refractivity contribution in [1.29, 1.82) is 5.41 Å². The minimum Gasteiger partial charge on any atom is -0.445 e. The average Bonchev–Trinajstić information content (AvgIpc) is 2.49. The number of ether oxygens (including phenoxy) is 1. The van der Waals surface area contributed by atoms with E-state index in [4.69, 9.17) is 15.9 Å². The van der Waals surface area contributed by atoms with Crippen molar-refractivity contribution in [3.63, 3.8) is 0 Å². The van der Waals surface area contributed by atoms with E-state index in [-0.39, 0.29) is 37.6 Å². The van der Waals surface area contributed by atoms with Crippen LogP contribution in [-0.4, -0.2) is 36.4 Å². The van der Waals surface area contributed by atoms with Gasteiger partial charge in [0, 0.05) is 6.54 Å². The fourth-order valence-electron chi connectivity index (χ4n) is 1.71. The molecule has 0 aromatic heterocycles. The lowest BCUT2D eigenvalue weighted by Crippen LogP contribution is -2.39. The zero-order chi connectivity index (χ0) is 15.5. The number of hydrogen-bond acceptors (Lipinski definition) is 4. The largest absolute Gasteiger partial charge is 0.445 e. The molecule has 0 spiro atoms. The van der Waals surface area contributed by atoms with Crippen LogP contribution >= 0.6 is 12.4 Å². The van der Waals surface area contributed by atoms with Crippen LogP contribution < -0.4 is 16.4 Å². The summed E-state index contributed by atoms with van der Waals surface area (Å²) in [5.41, 5.74) is 6.05. The van der Waals surface area contributed by atoms with E-state index in [0.29, 0.717) is 19.4 Å². The second-order valence-electron chi connectivity index (χ2n) is 4.57. The number of benzene rings is 1. The van der Waals surface area contributed by atoms with E-state index in [0.717, 1.165) is 5.56 Å². The molecule has 6 N–H and O–H groups in total. The number of alkyl carbamates (subject to hydrolysis) is 1. The van der Waals surface area contributed by atoms with Crippen molar-refractivity contribution in [2.45, 2.75) is 25.5 Å². The topological polar surface area (TPSA) is 120 Å². The zero-order valence-corrected chi connectivity index (χ0v) is 13.1. The van der Waals surface area contributed by atoms with Gasteiger partial charge in [0.15, 0.2) is 5.96 Å². The first-order chi connectivity index (χ1) is 10.1. The summed E-state index contributed by atoms with van der Waals surface area (Å²) < 4.78 is 5.07. The lowest BCUT2D eigenvalue weighted by molar-refractivity contribution is 0.128. The molecule has 1 aromatic carbocycles. The predicted octanol–water partition coefficient (Wildman–Crippen LogP) is 0.959. The van der Waals surface area contributed by atoms with Crippen molar-refractivity contribution >= 4 is 24.5 Å². The van der Waals surface area contributed by atoms with E-state index in [9.17, 15) is 9.90 Å². The number of rotatable bonds is 8. The van der Waals surface area contributed by atoms with Gasteiger partial charge in [-0.05, 0) is 18.4 Å². The van der Waals surface area contributed by atoms with Crippen LogP contribution in [-0.2, 0) is 11.3 Å². The molecule has 1 aromatic rings. The van der Waals surface area contributed by atoms with Crippen LogP contribution in [0.4, 0.5) is 4.79 Å². The molecule has 0 fully saturated rings. The average molecular weight is 331 g/mol. The van der Waals surface area contributed by atoms with Gasteiger partial charge in [-0.2, -0.15) is 0 Å². The molecule has 8 heteroatoms. The number of carbonyl (C=O) groups is 1. The minimum absolute atomic E-state index is 0. The number of aliphatic hydroxyl groups excluding tert-OH is 1. The maximum Gasteiger partial charge on any atom is 0.407 e. The van der Waals surface area contributed by atoms with Crippen LogP contribution in [0.15, 0.2) is 30.3 Å². The van der Waals surface area contributed by atoms with Gasteiger partial charge in [0.05, 0.1) is 12.6 Å². The molecule has 0 aliphatic rings. The van der Waals surface area contributed by atoms with Crippen molar-refractivity contribution in [3.8, 4) is 0 Å². The Morgan fingerprint density at radius 3 is 2.64 bits per heavy atom. The standard InChI is InChI=1S/C14H22N4O3.ClH/c15-13(16)17-8-4-7-12(9-19)18-14(20)21-10-11-5-2-1-3-6-11;/h1-3,5-6,12,19H,4,7-10H2,(H,18,20)(H4,15,16,17);1H/t12-;/m0./s1. The summed E-state index contributed by atoms with van der Waals surface area (Å²) >= 11 is 0. The smallest absolute Gasteiger partial charge is 0.407 e. The van der Waals surface area contributed by atoms with Crippen LogP contribution in [0.5, 0.6) is 0 Å². The first-order valence-electron chi connectivity index (χ1n) is 6.77. The molecular weight excluding hydrogens is 308 g/mol. The number of halogens is 1. The summed E-state index contributed by atoms with van der Waals surface area (Å²) in [5, 5.41) is 21.5. The minimum atomic E-state index is -0.558. The molecule has 0 radical (unpaired) electrons. The van der Waals surface area contributed by atoms with Crippen LogP contribution in [0.1, 0.15) is 18.4 Å². The summed E-state index contributed by atoms with van der Waals surface area (Å²) in [5.74, 6) is -0.0919. The van der Waals surface area contributed by atoms with Crippen molar-refractivity contribution in [3.05, 3.63) is 35.9 Å². The first kappa shape index (κ1) is 20.0. The summed E-state index contributed by atoms with van der Waals surface area (Å²) in [6.07, 6.45) is 0.679. The SMILES string of the molecule is Cl.N=C(N)NCCC[C@@H](CO)NC(=O)OCc1ccccc1. The number of aliphatic hydroxyl groups is 1. The molecule has 0 unspecified atom stereocenters. The second-order valence-corrected chi connectivity index (χ2v) is 4.57. The van der Waals surface area contributed by atoms with Crippen LogP contribution in [0.2, 0.25) is 0 Å². The summed E-state index contributed by atoms with van der Waals surface area (Å²) in [7, 11) is 0. The van der Waals surface area contributed by atoms with Gasteiger partial charge in [-0.15, -0.1) is 12.4 Å². The molecule has 1 atom stereocenters. The number of guanidine groups is 1. The van der Waals surface area contributed by atoms with Gasteiger partial charge < -0.3 is 26.2 Å². The van der Waals surface area contributed by atoms with Crippen molar-refractivity contribution in [1.82, 2.24) is 10.6 Å². The van der Waals surface area contributed by atoms with Gasteiger partial charge in [-0.1, -0.05) is 30.3 Å². The van der Waals surface area contributed by atoms with E-state index < -0.39 is 6.09 Å². The molecule has 124 valence electrons. The Bertz CT molecular complexity index is 445. The normalized spacial score (nSPS) is 11.0. The Balaban J connectivity index is 0.00000441. The highest BCUT2D eigenvalue weighted by Crippen LogP contribution is 2.02. The Kier molecular flexibility index (Phi) is 10.6. The molecule has 0 heterocycles. The second kappa shape index (κ2) is 11.6. The third kappa shape index (κ3) is 9.04. The fraction of sp³-hybridized carbons (Fsp3) is 0.429. The Hall–Kier alpha value is -1.99. The third-order valence-corrected chi connectivity index (χ3v) is 2.80. The number of nitrogens with one attached hydrogen (secondary N) is 3. The molecule has 1 rings (SSSR count). The molecule has 0 aliphatic carbocycles. The van der Waals surface area contributed by atoms with E-state index in [1.165, 1.54) is 0 Å². The van der Waals surface area contributed by atoms with Gasteiger partial charge in [0.25, 0.3) is 0 Å². The van der Waals surface area contributed by atoms with Crippen LogP contribution in [0.3, 0.4) is 0 Å². The summed E-state index contributed by atoms with van der Waals surface area (Å²) in [6, 6.07) is 8.99. The molecule has 0 saturated carbocycles. The summed E-state index contributed by atoms with van der Waals surface area (Å²) in [4.78, 5) is 11.6. The van der Waals surface area contributed by atoms with Gasteiger partial charge in [-0.3, -0.25) is 5.41 Å². The first-order valence-corrected chi connectivity index (χ1v) is 6.77. The highest BCUT2D eigenvalue weighted by molar-refractivity contribution is 5.85. The van der Waals surface area contributed by atoms with Crippen LogP contribution in [0.25, 0.3) is 0 Å². The van der Waals surface area contributed by atoms with Gasteiger partial charge >= 0.3 is 6.09 Å². The molecule has 0 saturated heterocycles. The van der Waals surface area contributed by atoms with E-state index in [2.05, 4.69) is 10.6 Å². The van der Waals surface area contributed by atoms with E-state index in [1.807, 2.05) is 30.3 Å². The van der Waals surface area contributed by atoms with Crippen molar-refractivity contribution in [2.24, 2.45) is 5.73 Å². The molecule has 1 amide bonds. The fourth-order valence-corrected chi connectivity index (χ4v) is 1.71. The van der Waals surface area contributed by atoms with Gasteiger partial charge in [0.2, 0.25) is 0 Å². The Labute approximate surface area is 136 Å². The number of nitrogens with two attached hydrogens (primary N) is 1. The molecule has 7 nitrogen and oxygen atoms in total. The van der Waals surface area contributed by atoms with E-state index >= 15 is 0 Å². The highest BCUT2D eigenvalue weighted by Gasteiger charge is 2.12. The maximum absolute atomic E-state index is 11.6. The monoisotopic (exact) mass is 330 g/mol. The van der Waals surface area contributed by atoms with Gasteiger partial charge in [0.1, 0.15) is 6.61 Å². The number of carbonyl (C=O) groups excluding carboxylic acids is 1. The highest BCUT2D eigenvalue weighted by atomic mass is 35.5. The number of amides is 1. The molecular formula is C14H23ClN4O3. The summed E-state index contributed by atoms with van der Waals surface area (Å²) in [6.45, 7) is 0.545. The Morgan fingerprint density at radius 2 is 2.05 bits per heavy atom.